The van der Waals surface area contributed by atoms with E-state index in [1.165, 1.54) is 25.6 Å². The summed E-state index contributed by atoms with van der Waals surface area (Å²) in [7, 11) is -1.90. The molecule has 6 nitrogen and oxygen atoms in total. The molecule has 152 valence electrons. The van der Waals surface area contributed by atoms with Gasteiger partial charge in [0.1, 0.15) is 5.75 Å². The molecule has 0 atom stereocenters. The Kier molecular flexibility index (Phi) is 5.08. The van der Waals surface area contributed by atoms with Crippen molar-refractivity contribution in [1.82, 2.24) is 4.98 Å². The summed E-state index contributed by atoms with van der Waals surface area (Å²) in [5.41, 5.74) is 5.29. The Morgan fingerprint density at radius 2 is 1.76 bits per heavy atom. The normalized spacial score (nSPS) is 14.4. The molecule has 0 amide bonds. The SMILES string of the molecule is COc1cc2c(C)cc(-c3ccc(N4CCCC4)cc3)nc2cc1NS(C)(=O)=O. The molecule has 7 heteroatoms. The van der Waals surface area contributed by atoms with E-state index in [4.69, 9.17) is 9.72 Å². The fraction of sp³-hybridized carbons (Fsp3) is 0.318. The van der Waals surface area contributed by atoms with Crippen LogP contribution in [0.5, 0.6) is 5.75 Å². The number of hydrogen-bond acceptors (Lipinski definition) is 5. The highest BCUT2D eigenvalue weighted by atomic mass is 32.2. The highest BCUT2D eigenvalue weighted by Gasteiger charge is 2.15. The predicted molar refractivity (Wildman–Crippen MR) is 118 cm³/mol. The molecule has 4 rings (SSSR count). The third-order valence-corrected chi connectivity index (χ3v) is 5.86. The van der Waals surface area contributed by atoms with Crippen molar-refractivity contribution in [2.45, 2.75) is 19.8 Å². The first-order chi connectivity index (χ1) is 13.8. The summed E-state index contributed by atoms with van der Waals surface area (Å²) in [4.78, 5) is 7.20. The maximum Gasteiger partial charge on any atom is 0.229 e. The number of hydrogen-bond donors (Lipinski definition) is 1. The summed E-state index contributed by atoms with van der Waals surface area (Å²) in [5, 5.41) is 0.929. The maximum absolute atomic E-state index is 11.7. The lowest BCUT2D eigenvalue weighted by molar-refractivity contribution is 0.417. The summed E-state index contributed by atoms with van der Waals surface area (Å²) in [5.74, 6) is 0.468. The number of ether oxygens (including phenoxy) is 1. The Balaban J connectivity index is 1.75. The van der Waals surface area contributed by atoms with Gasteiger partial charge in [-0.1, -0.05) is 12.1 Å². The van der Waals surface area contributed by atoms with Crippen molar-refractivity contribution >= 4 is 32.3 Å². The molecule has 1 aromatic heterocycles. The average Bonchev–Trinajstić information content (AvgIpc) is 3.21. The van der Waals surface area contributed by atoms with Crippen molar-refractivity contribution in [2.75, 3.05) is 36.1 Å². The van der Waals surface area contributed by atoms with Gasteiger partial charge in [0.2, 0.25) is 10.0 Å². The van der Waals surface area contributed by atoms with Gasteiger partial charge < -0.3 is 9.64 Å². The fourth-order valence-corrected chi connectivity index (χ4v) is 4.40. The molecule has 0 unspecified atom stereocenters. The van der Waals surface area contributed by atoms with E-state index in [2.05, 4.69) is 40.0 Å². The van der Waals surface area contributed by atoms with Gasteiger partial charge in [-0.3, -0.25) is 4.72 Å². The number of anilines is 2. The standard InChI is InChI=1S/C22H25N3O3S/c1-15-12-19(16-6-8-17(9-7-16)25-10-4-5-11-25)23-20-14-21(24-29(3,26)27)22(28-2)13-18(15)20/h6-9,12-14,24H,4-5,10-11H2,1-3H3. The Morgan fingerprint density at radius 3 is 2.38 bits per heavy atom. The van der Waals surface area contributed by atoms with Crippen LogP contribution in [0, 0.1) is 6.92 Å². The van der Waals surface area contributed by atoms with Crippen molar-refractivity contribution in [2.24, 2.45) is 0 Å². The van der Waals surface area contributed by atoms with Gasteiger partial charge in [-0.15, -0.1) is 0 Å². The lowest BCUT2D eigenvalue weighted by Crippen LogP contribution is -2.17. The summed E-state index contributed by atoms with van der Waals surface area (Å²) in [6, 6.07) is 14.1. The highest BCUT2D eigenvalue weighted by Crippen LogP contribution is 2.34. The smallest absolute Gasteiger partial charge is 0.229 e. The summed E-state index contributed by atoms with van der Waals surface area (Å²) < 4.78 is 31.3. The number of benzene rings is 2. The van der Waals surface area contributed by atoms with Crippen molar-refractivity contribution in [3.8, 4) is 17.0 Å². The second kappa shape index (κ2) is 7.55. The van der Waals surface area contributed by atoms with Gasteiger partial charge >= 0.3 is 0 Å². The van der Waals surface area contributed by atoms with Gasteiger partial charge in [-0.25, -0.2) is 13.4 Å². The third-order valence-electron chi connectivity index (χ3n) is 5.27. The number of sulfonamides is 1. The van der Waals surface area contributed by atoms with Crippen molar-refractivity contribution in [1.29, 1.82) is 0 Å². The Labute approximate surface area is 171 Å². The summed E-state index contributed by atoms with van der Waals surface area (Å²) in [6.07, 6.45) is 3.62. The van der Waals surface area contributed by atoms with Crippen LogP contribution in [-0.2, 0) is 10.0 Å². The molecule has 1 aliphatic heterocycles. The van der Waals surface area contributed by atoms with E-state index in [1.807, 2.05) is 13.0 Å². The molecule has 0 saturated carbocycles. The van der Waals surface area contributed by atoms with Crippen LogP contribution >= 0.6 is 0 Å². The monoisotopic (exact) mass is 411 g/mol. The number of aromatic nitrogens is 1. The molecule has 1 aliphatic rings. The minimum atomic E-state index is -3.43. The largest absolute Gasteiger partial charge is 0.495 e. The second-order valence-corrected chi connectivity index (χ2v) is 9.26. The molecule has 1 N–H and O–H groups in total. The second-order valence-electron chi connectivity index (χ2n) is 7.51. The summed E-state index contributed by atoms with van der Waals surface area (Å²) in [6.45, 7) is 4.25. The quantitative estimate of drug-likeness (QED) is 0.682. The first-order valence-corrected chi connectivity index (χ1v) is 11.6. The zero-order chi connectivity index (χ0) is 20.6. The zero-order valence-electron chi connectivity index (χ0n) is 16.9. The lowest BCUT2D eigenvalue weighted by atomic mass is 10.0. The average molecular weight is 412 g/mol. The summed E-state index contributed by atoms with van der Waals surface area (Å²) >= 11 is 0. The van der Waals surface area contributed by atoms with E-state index < -0.39 is 10.0 Å². The molecular formula is C22H25N3O3S. The van der Waals surface area contributed by atoms with Gasteiger partial charge in [-0.2, -0.15) is 0 Å². The molecule has 1 fully saturated rings. The molecule has 0 spiro atoms. The Hall–Kier alpha value is -2.80. The minimum Gasteiger partial charge on any atom is -0.495 e. The highest BCUT2D eigenvalue weighted by molar-refractivity contribution is 7.92. The molecule has 0 bridgehead atoms. The molecule has 0 aliphatic carbocycles. The maximum atomic E-state index is 11.7. The van der Waals surface area contributed by atoms with Crippen LogP contribution in [0.15, 0.2) is 42.5 Å². The third kappa shape index (κ3) is 4.15. The number of aryl methyl sites for hydroxylation is 1. The van der Waals surface area contributed by atoms with Gasteiger partial charge in [0.25, 0.3) is 0 Å². The van der Waals surface area contributed by atoms with Crippen LogP contribution in [0.2, 0.25) is 0 Å². The zero-order valence-corrected chi connectivity index (χ0v) is 17.7. The van der Waals surface area contributed by atoms with Crippen LogP contribution in [-0.4, -0.2) is 39.9 Å². The van der Waals surface area contributed by atoms with Gasteiger partial charge in [0.15, 0.2) is 0 Å². The molecule has 1 saturated heterocycles. The Morgan fingerprint density at radius 1 is 1.07 bits per heavy atom. The van der Waals surface area contributed by atoms with E-state index in [9.17, 15) is 8.42 Å². The molecule has 2 aromatic carbocycles. The predicted octanol–water partition coefficient (Wildman–Crippen LogP) is 4.19. The Bertz CT molecular complexity index is 1150. The van der Waals surface area contributed by atoms with E-state index in [1.54, 1.807) is 6.07 Å². The van der Waals surface area contributed by atoms with Crippen LogP contribution in [0.4, 0.5) is 11.4 Å². The van der Waals surface area contributed by atoms with E-state index >= 15 is 0 Å². The van der Waals surface area contributed by atoms with Crippen molar-refractivity contribution in [3.63, 3.8) is 0 Å². The molecule has 3 aromatic rings. The van der Waals surface area contributed by atoms with E-state index in [0.29, 0.717) is 11.4 Å². The lowest BCUT2D eigenvalue weighted by Gasteiger charge is -2.18. The van der Waals surface area contributed by atoms with Crippen molar-refractivity contribution in [3.05, 3.63) is 48.0 Å². The van der Waals surface area contributed by atoms with Gasteiger partial charge in [-0.05, 0) is 55.7 Å². The number of nitrogens with zero attached hydrogens (tertiary/aromatic N) is 2. The van der Waals surface area contributed by atoms with Gasteiger partial charge in [0, 0.05) is 29.7 Å². The van der Waals surface area contributed by atoms with Crippen LogP contribution in [0.25, 0.3) is 22.2 Å². The molecule has 29 heavy (non-hydrogen) atoms. The topological polar surface area (TPSA) is 71.5 Å². The molecule has 0 radical (unpaired) electrons. The van der Waals surface area contributed by atoms with Crippen LogP contribution in [0.1, 0.15) is 18.4 Å². The van der Waals surface area contributed by atoms with Gasteiger partial charge in [0.05, 0.1) is 30.3 Å². The number of fused-ring (bicyclic) bond motifs is 1. The van der Waals surface area contributed by atoms with Crippen molar-refractivity contribution < 1.29 is 13.2 Å². The number of nitrogens with one attached hydrogen (secondary N) is 1. The van der Waals surface area contributed by atoms with Crippen LogP contribution in [0.3, 0.4) is 0 Å². The molecule has 2 heterocycles. The number of rotatable bonds is 5. The molecular weight excluding hydrogens is 386 g/mol. The number of pyridine rings is 1. The minimum absolute atomic E-state index is 0.385. The van der Waals surface area contributed by atoms with E-state index in [0.717, 1.165) is 47.1 Å². The fourth-order valence-electron chi connectivity index (χ4n) is 3.84. The number of methoxy groups -OCH3 is 1. The first kappa shape index (κ1) is 19.5. The van der Waals surface area contributed by atoms with Crippen LogP contribution < -0.4 is 14.4 Å². The first-order valence-electron chi connectivity index (χ1n) is 9.66. The van der Waals surface area contributed by atoms with E-state index in [-0.39, 0.29) is 0 Å².